The van der Waals surface area contributed by atoms with Crippen LogP contribution >= 0.6 is 23.4 Å². The number of primary amides is 1. The zero-order valence-corrected chi connectivity index (χ0v) is 14.2. The lowest BCUT2D eigenvalue weighted by atomic mass is 10.2. The molecule has 0 aliphatic rings. The number of carbonyl (C=O) groups excluding carboxylic acids is 1. The highest BCUT2D eigenvalue weighted by Crippen LogP contribution is 2.19. The monoisotopic (exact) mass is 359 g/mol. The van der Waals surface area contributed by atoms with Crippen molar-refractivity contribution in [2.75, 3.05) is 5.75 Å². The van der Waals surface area contributed by atoms with Crippen molar-refractivity contribution in [2.24, 2.45) is 5.73 Å². The molecule has 1 aromatic heterocycles. The summed E-state index contributed by atoms with van der Waals surface area (Å²) in [6.07, 6.45) is 0. The van der Waals surface area contributed by atoms with Gasteiger partial charge < -0.3 is 5.73 Å². The van der Waals surface area contributed by atoms with E-state index in [0.29, 0.717) is 27.6 Å². The van der Waals surface area contributed by atoms with E-state index in [1.165, 1.54) is 0 Å². The van der Waals surface area contributed by atoms with E-state index in [2.05, 4.69) is 4.98 Å². The summed E-state index contributed by atoms with van der Waals surface area (Å²) in [5.74, 6) is -0.397. The Morgan fingerprint density at radius 2 is 1.88 bits per heavy atom. The van der Waals surface area contributed by atoms with E-state index in [1.807, 2.05) is 18.2 Å². The van der Waals surface area contributed by atoms with Crippen LogP contribution in [0.3, 0.4) is 0 Å². The lowest BCUT2D eigenvalue weighted by Gasteiger charge is -2.13. The Morgan fingerprint density at radius 3 is 2.58 bits per heavy atom. The molecule has 3 rings (SSSR count). The molecule has 0 saturated heterocycles. The number of benzene rings is 2. The molecule has 24 heavy (non-hydrogen) atoms. The number of nitrogens with two attached hydrogens (primary N) is 1. The number of nitrogens with zero attached hydrogens (tertiary/aromatic N) is 2. The third-order valence-electron chi connectivity index (χ3n) is 3.42. The second kappa shape index (κ2) is 7.07. The van der Waals surface area contributed by atoms with Crippen LogP contribution in [0.15, 0.2) is 58.5 Å². The Labute approximate surface area is 147 Å². The van der Waals surface area contributed by atoms with Crippen molar-refractivity contribution in [3.63, 3.8) is 0 Å². The number of hydrogen-bond donors (Lipinski definition) is 1. The molecule has 0 bridgehead atoms. The highest BCUT2D eigenvalue weighted by atomic mass is 35.5. The smallest absolute Gasteiger partial charge is 0.262 e. The largest absolute Gasteiger partial charge is 0.369 e. The number of rotatable bonds is 5. The Hall–Kier alpha value is -2.31. The van der Waals surface area contributed by atoms with Gasteiger partial charge in [-0.2, -0.15) is 0 Å². The minimum absolute atomic E-state index is 0.0609. The maximum atomic E-state index is 12.8. The first-order valence-corrected chi connectivity index (χ1v) is 8.56. The van der Waals surface area contributed by atoms with Gasteiger partial charge in [-0.1, -0.05) is 47.6 Å². The molecule has 7 heteroatoms. The van der Waals surface area contributed by atoms with Crippen molar-refractivity contribution in [1.82, 2.24) is 9.55 Å². The van der Waals surface area contributed by atoms with Crippen molar-refractivity contribution < 1.29 is 4.79 Å². The van der Waals surface area contributed by atoms with Crippen LogP contribution in [0.1, 0.15) is 5.56 Å². The lowest BCUT2D eigenvalue weighted by molar-refractivity contribution is -0.115. The fourth-order valence-corrected chi connectivity index (χ4v) is 3.17. The first-order chi connectivity index (χ1) is 11.5. The summed E-state index contributed by atoms with van der Waals surface area (Å²) in [5, 5.41) is 1.63. The molecule has 1 heterocycles. The average Bonchev–Trinajstić information content (AvgIpc) is 2.57. The van der Waals surface area contributed by atoms with Crippen LogP contribution in [0, 0.1) is 0 Å². The number of thioether (sulfide) groups is 1. The van der Waals surface area contributed by atoms with E-state index < -0.39 is 5.91 Å². The number of carbonyl (C=O) groups is 1. The molecule has 0 saturated carbocycles. The molecule has 0 aliphatic heterocycles. The van der Waals surface area contributed by atoms with Gasteiger partial charge in [-0.05, 0) is 29.8 Å². The summed E-state index contributed by atoms with van der Waals surface area (Å²) in [6.45, 7) is 0.342. The number of halogens is 1. The molecule has 2 N–H and O–H groups in total. The molecule has 0 unspecified atom stereocenters. The SMILES string of the molecule is NC(=O)CSc1nc2ccccc2c(=O)n1Cc1ccc(Cl)cc1. The van der Waals surface area contributed by atoms with Gasteiger partial charge >= 0.3 is 0 Å². The van der Waals surface area contributed by atoms with Gasteiger partial charge in [0.25, 0.3) is 5.56 Å². The molecule has 0 aliphatic carbocycles. The molecule has 0 atom stereocenters. The van der Waals surface area contributed by atoms with E-state index in [0.717, 1.165) is 17.3 Å². The Balaban J connectivity index is 2.09. The molecule has 1 amide bonds. The molecule has 5 nitrogen and oxygen atoms in total. The maximum absolute atomic E-state index is 12.8. The third-order valence-corrected chi connectivity index (χ3v) is 4.67. The van der Waals surface area contributed by atoms with Crippen LogP contribution in [0.25, 0.3) is 10.9 Å². The van der Waals surface area contributed by atoms with Crippen molar-refractivity contribution in [3.05, 3.63) is 69.5 Å². The van der Waals surface area contributed by atoms with Crippen LogP contribution in [0.4, 0.5) is 0 Å². The second-order valence-corrected chi connectivity index (χ2v) is 6.56. The summed E-state index contributed by atoms with van der Waals surface area (Å²) in [7, 11) is 0. The Morgan fingerprint density at radius 1 is 1.17 bits per heavy atom. The van der Waals surface area contributed by atoms with Crippen molar-refractivity contribution in [3.8, 4) is 0 Å². The first kappa shape index (κ1) is 16.5. The highest BCUT2D eigenvalue weighted by Gasteiger charge is 2.12. The summed E-state index contributed by atoms with van der Waals surface area (Å²) in [6, 6.07) is 14.4. The highest BCUT2D eigenvalue weighted by molar-refractivity contribution is 7.99. The van der Waals surface area contributed by atoms with Crippen LogP contribution in [0.5, 0.6) is 0 Å². The third kappa shape index (κ3) is 3.60. The van der Waals surface area contributed by atoms with Gasteiger partial charge in [-0.15, -0.1) is 0 Å². The quantitative estimate of drug-likeness (QED) is 0.561. The van der Waals surface area contributed by atoms with Gasteiger partial charge in [0.1, 0.15) is 0 Å². The molecule has 0 radical (unpaired) electrons. The van der Waals surface area contributed by atoms with E-state index >= 15 is 0 Å². The fourth-order valence-electron chi connectivity index (χ4n) is 2.31. The van der Waals surface area contributed by atoms with Crippen molar-refractivity contribution in [2.45, 2.75) is 11.7 Å². The van der Waals surface area contributed by atoms with Crippen molar-refractivity contribution in [1.29, 1.82) is 0 Å². The zero-order chi connectivity index (χ0) is 17.1. The van der Waals surface area contributed by atoms with Gasteiger partial charge in [-0.25, -0.2) is 4.98 Å². The summed E-state index contributed by atoms with van der Waals surface area (Å²) in [4.78, 5) is 28.4. The average molecular weight is 360 g/mol. The normalized spacial score (nSPS) is 10.9. The molecule has 3 aromatic rings. The molecule has 0 fully saturated rings. The van der Waals surface area contributed by atoms with E-state index in [4.69, 9.17) is 17.3 Å². The molecular formula is C17H14ClN3O2S. The van der Waals surface area contributed by atoms with Gasteiger partial charge in [-0.3, -0.25) is 14.2 Å². The fraction of sp³-hybridized carbons (Fsp3) is 0.118. The predicted octanol–water partition coefficient (Wildman–Crippen LogP) is 2.68. The molecule has 0 spiro atoms. The standard InChI is InChI=1S/C17H14ClN3O2S/c18-12-7-5-11(6-8-12)9-21-16(23)13-3-1-2-4-14(13)20-17(21)24-10-15(19)22/h1-8H,9-10H2,(H2,19,22). The maximum Gasteiger partial charge on any atom is 0.262 e. The predicted molar refractivity (Wildman–Crippen MR) is 96.5 cm³/mol. The summed E-state index contributed by atoms with van der Waals surface area (Å²) >= 11 is 7.06. The number of para-hydroxylation sites is 1. The molecule has 122 valence electrons. The van der Waals surface area contributed by atoms with Crippen LogP contribution in [-0.2, 0) is 11.3 Å². The van der Waals surface area contributed by atoms with E-state index in [-0.39, 0.29) is 11.3 Å². The van der Waals surface area contributed by atoms with Gasteiger partial charge in [0.05, 0.1) is 23.2 Å². The van der Waals surface area contributed by atoms with E-state index in [1.54, 1.807) is 34.9 Å². The molecule has 2 aromatic carbocycles. The number of fused-ring (bicyclic) bond motifs is 1. The van der Waals surface area contributed by atoms with Gasteiger partial charge in [0.2, 0.25) is 5.91 Å². The van der Waals surface area contributed by atoms with Crippen LogP contribution in [0.2, 0.25) is 5.02 Å². The first-order valence-electron chi connectivity index (χ1n) is 7.20. The summed E-state index contributed by atoms with van der Waals surface area (Å²) < 4.78 is 1.55. The topological polar surface area (TPSA) is 78.0 Å². The zero-order valence-electron chi connectivity index (χ0n) is 12.6. The van der Waals surface area contributed by atoms with Crippen LogP contribution in [-0.4, -0.2) is 21.2 Å². The number of hydrogen-bond acceptors (Lipinski definition) is 4. The minimum Gasteiger partial charge on any atom is -0.369 e. The number of aromatic nitrogens is 2. The molecular weight excluding hydrogens is 346 g/mol. The number of amides is 1. The minimum atomic E-state index is -0.458. The van der Waals surface area contributed by atoms with Crippen molar-refractivity contribution >= 4 is 40.2 Å². The van der Waals surface area contributed by atoms with E-state index in [9.17, 15) is 9.59 Å². The lowest BCUT2D eigenvalue weighted by Crippen LogP contribution is -2.25. The Kier molecular flexibility index (Phi) is 4.87. The van der Waals surface area contributed by atoms with Gasteiger partial charge in [0.15, 0.2) is 5.16 Å². The second-order valence-electron chi connectivity index (χ2n) is 5.18. The summed E-state index contributed by atoms with van der Waals surface area (Å²) in [5.41, 5.74) is 6.59. The Bertz CT molecular complexity index is 954. The van der Waals surface area contributed by atoms with Gasteiger partial charge in [0, 0.05) is 5.02 Å². The van der Waals surface area contributed by atoms with Crippen LogP contribution < -0.4 is 11.3 Å².